The molecule has 1 saturated carbocycles. The molecule has 1 aliphatic carbocycles. The maximum Gasteiger partial charge on any atom is 0.225 e. The fraction of sp³-hybridized carbons (Fsp3) is 0.692. The lowest BCUT2D eigenvalue weighted by atomic mass is 9.86. The largest absolute Gasteiger partial charge is 0.394 e. The van der Waals surface area contributed by atoms with Crippen LogP contribution in [0.1, 0.15) is 50.6 Å². The summed E-state index contributed by atoms with van der Waals surface area (Å²) in [5, 5.41) is 9.49. The van der Waals surface area contributed by atoms with Crippen LogP contribution < -0.4 is 11.1 Å². The van der Waals surface area contributed by atoms with Crippen molar-refractivity contribution >= 4 is 17.4 Å². The molecule has 1 heterocycles. The number of hydrogen-bond acceptors (Lipinski definition) is 3. The van der Waals surface area contributed by atoms with E-state index in [9.17, 15) is 4.79 Å². The van der Waals surface area contributed by atoms with Crippen molar-refractivity contribution in [3.8, 4) is 0 Å². The summed E-state index contributed by atoms with van der Waals surface area (Å²) in [4.78, 5) is 11.8. The Bertz CT molecular complexity index is 407. The van der Waals surface area contributed by atoms with E-state index in [2.05, 4.69) is 15.5 Å². The Morgan fingerprint density at radius 3 is 2.78 bits per heavy atom. The monoisotopic (exact) mass is 250 g/mol. The second kappa shape index (κ2) is 5.89. The first-order valence-corrected chi connectivity index (χ1v) is 6.77. The summed E-state index contributed by atoms with van der Waals surface area (Å²) in [7, 11) is 0. The van der Waals surface area contributed by atoms with E-state index >= 15 is 0 Å². The van der Waals surface area contributed by atoms with Gasteiger partial charge in [0, 0.05) is 6.42 Å². The molecular formula is C13H22N4O. The van der Waals surface area contributed by atoms with Crippen molar-refractivity contribution in [3.63, 3.8) is 0 Å². The van der Waals surface area contributed by atoms with Crippen LogP contribution in [-0.4, -0.2) is 16.1 Å². The number of nitrogens with one attached hydrogen (secondary N) is 2. The van der Waals surface area contributed by atoms with Crippen molar-refractivity contribution in [2.75, 3.05) is 11.1 Å². The third-order valence-corrected chi connectivity index (χ3v) is 3.76. The molecule has 0 radical (unpaired) electrons. The van der Waals surface area contributed by atoms with Crippen molar-refractivity contribution < 1.29 is 4.79 Å². The lowest BCUT2D eigenvalue weighted by molar-refractivity contribution is -0.116. The molecule has 5 heteroatoms. The zero-order chi connectivity index (χ0) is 13.0. The first-order chi connectivity index (χ1) is 8.66. The molecule has 0 atom stereocenters. The molecule has 1 amide bonds. The number of nitrogens with zero attached hydrogens (tertiary/aromatic N) is 1. The highest BCUT2D eigenvalue weighted by Gasteiger charge is 2.16. The van der Waals surface area contributed by atoms with E-state index in [1.54, 1.807) is 0 Å². The quantitative estimate of drug-likeness (QED) is 0.768. The van der Waals surface area contributed by atoms with Gasteiger partial charge < -0.3 is 11.1 Å². The summed E-state index contributed by atoms with van der Waals surface area (Å²) in [6.07, 6.45) is 8.08. The van der Waals surface area contributed by atoms with Crippen LogP contribution >= 0.6 is 0 Å². The van der Waals surface area contributed by atoms with Crippen LogP contribution in [0.15, 0.2) is 0 Å². The van der Waals surface area contributed by atoms with E-state index in [4.69, 9.17) is 5.73 Å². The molecule has 1 aliphatic rings. The second-order valence-corrected chi connectivity index (χ2v) is 5.20. The lowest BCUT2D eigenvalue weighted by Gasteiger charge is -2.20. The van der Waals surface area contributed by atoms with E-state index < -0.39 is 0 Å². The Kier molecular flexibility index (Phi) is 4.23. The first-order valence-electron chi connectivity index (χ1n) is 6.77. The standard InChI is InChI=1S/C13H22N4O/c1-9-12(14)13(17-16-9)15-11(18)8-7-10-5-3-2-4-6-10/h10H,2-8,14H2,1H3,(H2,15,16,17,18). The van der Waals surface area contributed by atoms with Crippen molar-refractivity contribution in [1.82, 2.24) is 10.2 Å². The Balaban J connectivity index is 1.76. The van der Waals surface area contributed by atoms with Crippen molar-refractivity contribution in [2.24, 2.45) is 5.92 Å². The summed E-state index contributed by atoms with van der Waals surface area (Å²) in [5.41, 5.74) is 7.10. The predicted molar refractivity (Wildman–Crippen MR) is 72.2 cm³/mol. The van der Waals surface area contributed by atoms with Crippen molar-refractivity contribution in [1.29, 1.82) is 0 Å². The van der Waals surface area contributed by atoms with E-state index in [0.717, 1.165) is 18.0 Å². The minimum absolute atomic E-state index is 0.0128. The fourth-order valence-electron chi connectivity index (χ4n) is 2.54. The minimum Gasteiger partial charge on any atom is -0.394 e. The number of H-pyrrole nitrogens is 1. The number of carbonyl (C=O) groups is 1. The SMILES string of the molecule is Cc1[nH]nc(NC(=O)CCC2CCCCC2)c1N. The number of hydrogen-bond donors (Lipinski definition) is 3. The van der Waals surface area contributed by atoms with Gasteiger partial charge in [-0.05, 0) is 19.3 Å². The highest BCUT2D eigenvalue weighted by molar-refractivity contribution is 5.92. The average molecular weight is 250 g/mol. The lowest BCUT2D eigenvalue weighted by Crippen LogP contribution is -2.15. The summed E-state index contributed by atoms with van der Waals surface area (Å²) in [6, 6.07) is 0. The number of aryl methyl sites for hydroxylation is 1. The first kappa shape index (κ1) is 12.9. The van der Waals surface area contributed by atoms with Crippen LogP contribution in [0, 0.1) is 12.8 Å². The highest BCUT2D eigenvalue weighted by Crippen LogP contribution is 2.27. The molecule has 1 aromatic rings. The molecule has 2 rings (SSSR count). The Morgan fingerprint density at radius 2 is 2.17 bits per heavy atom. The zero-order valence-electron chi connectivity index (χ0n) is 11.0. The Morgan fingerprint density at radius 1 is 1.44 bits per heavy atom. The summed E-state index contributed by atoms with van der Waals surface area (Å²) in [5.74, 6) is 1.20. The summed E-state index contributed by atoms with van der Waals surface area (Å²) < 4.78 is 0. The van der Waals surface area contributed by atoms with E-state index in [1.165, 1.54) is 32.1 Å². The number of aromatic amines is 1. The summed E-state index contributed by atoms with van der Waals surface area (Å²) in [6.45, 7) is 1.83. The molecule has 0 bridgehead atoms. The highest BCUT2D eigenvalue weighted by atomic mass is 16.1. The number of nitrogens with two attached hydrogens (primary N) is 1. The maximum atomic E-state index is 11.8. The normalized spacial score (nSPS) is 16.7. The Labute approximate surface area is 108 Å². The van der Waals surface area contributed by atoms with Gasteiger partial charge in [-0.15, -0.1) is 0 Å². The van der Waals surface area contributed by atoms with Crippen molar-refractivity contribution in [3.05, 3.63) is 5.69 Å². The van der Waals surface area contributed by atoms with Crippen LogP contribution in [-0.2, 0) is 4.79 Å². The molecule has 1 fully saturated rings. The van der Waals surface area contributed by atoms with Gasteiger partial charge >= 0.3 is 0 Å². The number of rotatable bonds is 4. The van der Waals surface area contributed by atoms with Crippen LogP contribution in [0.4, 0.5) is 11.5 Å². The third kappa shape index (κ3) is 3.24. The number of carbonyl (C=O) groups excluding carboxylic acids is 1. The molecule has 100 valence electrons. The van der Waals surface area contributed by atoms with Gasteiger partial charge in [-0.3, -0.25) is 9.89 Å². The molecule has 1 aromatic heterocycles. The number of aromatic nitrogens is 2. The van der Waals surface area contributed by atoms with Gasteiger partial charge in [-0.1, -0.05) is 32.1 Å². The Hall–Kier alpha value is -1.52. The molecule has 5 nitrogen and oxygen atoms in total. The van der Waals surface area contributed by atoms with E-state index in [1.807, 2.05) is 6.92 Å². The van der Waals surface area contributed by atoms with E-state index in [-0.39, 0.29) is 5.91 Å². The molecule has 0 unspecified atom stereocenters. The third-order valence-electron chi connectivity index (χ3n) is 3.76. The molecule has 0 spiro atoms. The van der Waals surface area contributed by atoms with Crippen LogP contribution in [0.25, 0.3) is 0 Å². The van der Waals surface area contributed by atoms with Crippen LogP contribution in [0.2, 0.25) is 0 Å². The predicted octanol–water partition coefficient (Wildman–Crippen LogP) is 2.60. The van der Waals surface area contributed by atoms with Gasteiger partial charge in [0.1, 0.15) is 0 Å². The minimum atomic E-state index is 0.0128. The van der Waals surface area contributed by atoms with Gasteiger partial charge in [0.25, 0.3) is 0 Å². The molecule has 0 aromatic carbocycles. The van der Waals surface area contributed by atoms with Crippen LogP contribution in [0.3, 0.4) is 0 Å². The van der Waals surface area contributed by atoms with E-state index in [0.29, 0.717) is 17.9 Å². The summed E-state index contributed by atoms with van der Waals surface area (Å²) >= 11 is 0. The van der Waals surface area contributed by atoms with Gasteiger partial charge in [-0.2, -0.15) is 5.10 Å². The second-order valence-electron chi connectivity index (χ2n) is 5.20. The van der Waals surface area contributed by atoms with Gasteiger partial charge in [0.05, 0.1) is 11.4 Å². The van der Waals surface area contributed by atoms with Crippen LogP contribution in [0.5, 0.6) is 0 Å². The topological polar surface area (TPSA) is 83.8 Å². The molecule has 4 N–H and O–H groups in total. The smallest absolute Gasteiger partial charge is 0.225 e. The molecule has 18 heavy (non-hydrogen) atoms. The zero-order valence-corrected chi connectivity index (χ0v) is 11.0. The van der Waals surface area contributed by atoms with Gasteiger partial charge in [0.2, 0.25) is 5.91 Å². The number of nitrogen functional groups attached to an aromatic ring is 1. The molecule has 0 saturated heterocycles. The molecule has 0 aliphatic heterocycles. The molecular weight excluding hydrogens is 228 g/mol. The number of anilines is 2. The average Bonchev–Trinajstić information content (AvgIpc) is 2.70. The van der Waals surface area contributed by atoms with Crippen molar-refractivity contribution in [2.45, 2.75) is 51.9 Å². The fourth-order valence-corrected chi connectivity index (χ4v) is 2.54. The maximum absolute atomic E-state index is 11.8. The van der Waals surface area contributed by atoms with Gasteiger partial charge in [0.15, 0.2) is 5.82 Å². The number of amides is 1. The van der Waals surface area contributed by atoms with Gasteiger partial charge in [-0.25, -0.2) is 0 Å².